The predicted octanol–water partition coefficient (Wildman–Crippen LogP) is 2.77. The Morgan fingerprint density at radius 2 is 2.00 bits per heavy atom. The lowest BCUT2D eigenvalue weighted by Gasteiger charge is -2.30. The normalized spacial score (nSPS) is 14.9. The first-order chi connectivity index (χ1) is 13.1. The van der Waals surface area contributed by atoms with Crippen LogP contribution in [0.4, 0.5) is 9.18 Å². The Kier molecular flexibility index (Phi) is 6.18. The molecule has 0 aliphatic carbocycles. The van der Waals surface area contributed by atoms with Crippen molar-refractivity contribution < 1.29 is 23.8 Å². The number of amides is 1. The molecule has 1 aromatic carbocycles. The maximum atomic E-state index is 14.3. The number of aromatic nitrogens is 2. The zero-order chi connectivity index (χ0) is 19.2. The van der Waals surface area contributed by atoms with Crippen molar-refractivity contribution in [2.45, 2.75) is 32.5 Å². The van der Waals surface area contributed by atoms with Gasteiger partial charge in [-0.2, -0.15) is 0 Å². The maximum Gasteiger partial charge on any atom is 0.409 e. The molecule has 0 saturated carbocycles. The molecule has 1 amide bonds. The topological polar surface area (TPSA) is 84.8 Å². The summed E-state index contributed by atoms with van der Waals surface area (Å²) in [6.45, 7) is 2.88. The SMILES string of the molecule is CCOC(=O)N1CCC(Oc2ncc(-c3cccc(CO)c3F)cn2)CC1. The van der Waals surface area contributed by atoms with Crippen LogP contribution in [-0.2, 0) is 11.3 Å². The number of ether oxygens (including phenoxy) is 2. The van der Waals surface area contributed by atoms with Crippen LogP contribution < -0.4 is 4.74 Å². The van der Waals surface area contributed by atoms with Gasteiger partial charge in [-0.25, -0.2) is 19.2 Å². The van der Waals surface area contributed by atoms with Crippen LogP contribution in [0.25, 0.3) is 11.1 Å². The average molecular weight is 375 g/mol. The van der Waals surface area contributed by atoms with Crippen molar-refractivity contribution in [1.82, 2.24) is 14.9 Å². The molecule has 3 rings (SSSR count). The highest BCUT2D eigenvalue weighted by Gasteiger charge is 2.25. The summed E-state index contributed by atoms with van der Waals surface area (Å²) in [6, 6.07) is 5.02. The van der Waals surface area contributed by atoms with Crippen molar-refractivity contribution in [2.24, 2.45) is 0 Å². The Balaban J connectivity index is 1.60. The van der Waals surface area contributed by atoms with Crippen molar-refractivity contribution in [2.75, 3.05) is 19.7 Å². The highest BCUT2D eigenvalue weighted by atomic mass is 19.1. The molecule has 0 atom stereocenters. The number of aliphatic hydroxyl groups excluding tert-OH is 1. The second-order valence-corrected chi connectivity index (χ2v) is 6.19. The van der Waals surface area contributed by atoms with Gasteiger partial charge in [0.15, 0.2) is 0 Å². The van der Waals surface area contributed by atoms with Crippen LogP contribution in [0.5, 0.6) is 6.01 Å². The van der Waals surface area contributed by atoms with Crippen molar-refractivity contribution >= 4 is 6.09 Å². The highest BCUT2D eigenvalue weighted by Crippen LogP contribution is 2.25. The fraction of sp³-hybridized carbons (Fsp3) is 0.421. The average Bonchev–Trinajstić information content (AvgIpc) is 2.70. The zero-order valence-corrected chi connectivity index (χ0v) is 15.1. The van der Waals surface area contributed by atoms with Crippen molar-refractivity contribution in [3.05, 3.63) is 42.0 Å². The van der Waals surface area contributed by atoms with E-state index in [2.05, 4.69) is 9.97 Å². The first-order valence-electron chi connectivity index (χ1n) is 8.91. The summed E-state index contributed by atoms with van der Waals surface area (Å²) in [7, 11) is 0. The molecule has 1 aliphatic rings. The quantitative estimate of drug-likeness (QED) is 0.865. The van der Waals surface area contributed by atoms with Crippen molar-refractivity contribution in [3.8, 4) is 17.1 Å². The molecule has 2 aromatic rings. The lowest BCUT2D eigenvalue weighted by atomic mass is 10.1. The molecule has 0 radical (unpaired) electrons. The van der Waals surface area contributed by atoms with Gasteiger partial charge >= 0.3 is 12.1 Å². The molecule has 27 heavy (non-hydrogen) atoms. The van der Waals surface area contributed by atoms with Gasteiger partial charge in [0.25, 0.3) is 0 Å². The molecule has 1 fully saturated rings. The number of carbonyl (C=O) groups excluding carboxylic acids is 1. The lowest BCUT2D eigenvalue weighted by Crippen LogP contribution is -2.42. The fourth-order valence-electron chi connectivity index (χ4n) is 2.96. The third-order valence-corrected chi connectivity index (χ3v) is 4.43. The highest BCUT2D eigenvalue weighted by molar-refractivity contribution is 5.67. The largest absolute Gasteiger partial charge is 0.460 e. The Morgan fingerprint density at radius 3 is 2.63 bits per heavy atom. The Labute approximate surface area is 156 Å². The molecule has 7 nitrogen and oxygen atoms in total. The number of benzene rings is 1. The number of nitrogens with zero attached hydrogens (tertiary/aromatic N) is 3. The van der Waals surface area contributed by atoms with Crippen LogP contribution in [0.2, 0.25) is 0 Å². The van der Waals surface area contributed by atoms with Gasteiger partial charge in [-0.05, 0) is 6.92 Å². The van der Waals surface area contributed by atoms with E-state index in [0.717, 1.165) is 0 Å². The van der Waals surface area contributed by atoms with Crippen LogP contribution in [0.15, 0.2) is 30.6 Å². The summed E-state index contributed by atoms with van der Waals surface area (Å²) in [5.74, 6) is -0.483. The molecular weight excluding hydrogens is 353 g/mol. The third-order valence-electron chi connectivity index (χ3n) is 4.43. The van der Waals surface area contributed by atoms with Crippen molar-refractivity contribution in [3.63, 3.8) is 0 Å². The molecule has 0 spiro atoms. The molecule has 1 saturated heterocycles. The van der Waals surface area contributed by atoms with Gasteiger partial charge in [0.2, 0.25) is 0 Å². The summed E-state index contributed by atoms with van der Waals surface area (Å²) >= 11 is 0. The second-order valence-electron chi connectivity index (χ2n) is 6.19. The van der Waals surface area contributed by atoms with E-state index in [1.807, 2.05) is 0 Å². The molecule has 144 valence electrons. The molecule has 2 heterocycles. The Bertz CT molecular complexity index is 777. The van der Waals surface area contributed by atoms with E-state index in [-0.39, 0.29) is 30.4 Å². The van der Waals surface area contributed by atoms with Crippen LogP contribution in [0, 0.1) is 5.82 Å². The van der Waals surface area contributed by atoms with Crippen LogP contribution in [0.1, 0.15) is 25.3 Å². The van der Waals surface area contributed by atoms with Gasteiger partial charge < -0.3 is 19.5 Å². The zero-order valence-electron chi connectivity index (χ0n) is 15.1. The van der Waals surface area contributed by atoms with Gasteiger partial charge in [0.1, 0.15) is 11.9 Å². The maximum absolute atomic E-state index is 14.3. The van der Waals surface area contributed by atoms with E-state index in [1.165, 1.54) is 18.5 Å². The number of aliphatic hydroxyl groups is 1. The third kappa shape index (κ3) is 4.51. The smallest absolute Gasteiger partial charge is 0.409 e. The summed E-state index contributed by atoms with van der Waals surface area (Å²) in [4.78, 5) is 21.7. The molecule has 1 aromatic heterocycles. The standard InChI is InChI=1S/C19H22FN3O4/c1-2-26-19(25)23-8-6-15(7-9-23)27-18-21-10-14(11-22-18)16-5-3-4-13(12-24)17(16)20/h3-5,10-11,15,24H,2,6-9,12H2,1H3. The van der Waals surface area contributed by atoms with Gasteiger partial charge in [0.05, 0.1) is 13.2 Å². The van der Waals surface area contributed by atoms with E-state index in [1.54, 1.807) is 24.0 Å². The van der Waals surface area contributed by atoms with Crippen LogP contribution in [-0.4, -0.2) is 51.9 Å². The van der Waals surface area contributed by atoms with E-state index in [9.17, 15) is 14.3 Å². The van der Waals surface area contributed by atoms with E-state index >= 15 is 0 Å². The summed E-state index contributed by atoms with van der Waals surface area (Å²) in [5, 5.41) is 9.18. The molecule has 0 unspecified atom stereocenters. The van der Waals surface area contributed by atoms with E-state index < -0.39 is 5.82 Å². The number of carbonyl (C=O) groups is 1. The van der Waals surface area contributed by atoms with Gasteiger partial charge in [-0.1, -0.05) is 18.2 Å². The number of hydrogen-bond acceptors (Lipinski definition) is 6. The minimum Gasteiger partial charge on any atom is -0.460 e. The monoisotopic (exact) mass is 375 g/mol. The molecular formula is C19H22FN3O4. The lowest BCUT2D eigenvalue weighted by molar-refractivity contribution is 0.0670. The van der Waals surface area contributed by atoms with Crippen molar-refractivity contribution in [1.29, 1.82) is 0 Å². The Hall–Kier alpha value is -2.74. The molecule has 1 aliphatic heterocycles. The number of piperidine rings is 1. The number of likely N-dealkylation sites (tertiary alicyclic amines) is 1. The van der Waals surface area contributed by atoms with Gasteiger partial charge in [0, 0.05) is 55.0 Å². The Morgan fingerprint density at radius 1 is 1.30 bits per heavy atom. The van der Waals surface area contributed by atoms with Gasteiger partial charge in [-0.15, -0.1) is 0 Å². The molecule has 8 heteroatoms. The molecule has 0 bridgehead atoms. The fourth-order valence-corrected chi connectivity index (χ4v) is 2.96. The summed E-state index contributed by atoms with van der Waals surface area (Å²) in [6.07, 6.45) is 3.93. The first-order valence-corrected chi connectivity index (χ1v) is 8.91. The minimum absolute atomic E-state index is 0.0871. The van der Waals surface area contributed by atoms with Crippen LogP contribution >= 0.6 is 0 Å². The van der Waals surface area contributed by atoms with Crippen LogP contribution in [0.3, 0.4) is 0 Å². The summed E-state index contributed by atoms with van der Waals surface area (Å²) < 4.78 is 25.1. The number of rotatable bonds is 5. The van der Waals surface area contributed by atoms with Gasteiger partial charge in [-0.3, -0.25) is 0 Å². The van der Waals surface area contributed by atoms with E-state index in [0.29, 0.717) is 43.7 Å². The number of halogens is 1. The van der Waals surface area contributed by atoms with E-state index in [4.69, 9.17) is 9.47 Å². The molecule has 1 N–H and O–H groups in total. The summed E-state index contributed by atoms with van der Waals surface area (Å²) in [5.41, 5.74) is 1.06. The second kappa shape index (κ2) is 8.77. The predicted molar refractivity (Wildman–Crippen MR) is 95.6 cm³/mol. The minimum atomic E-state index is -0.483. The first kappa shape index (κ1) is 19.0. The number of hydrogen-bond donors (Lipinski definition) is 1.